The van der Waals surface area contributed by atoms with Crippen molar-refractivity contribution in [3.8, 4) is 0 Å². The first-order valence-corrected chi connectivity index (χ1v) is 8.93. The summed E-state index contributed by atoms with van der Waals surface area (Å²) >= 11 is 1.66. The molecule has 0 aromatic carbocycles. The Hall–Kier alpha value is -2.93. The molecule has 0 bridgehead atoms. The standard InChI is InChI=1S/C19H18N2O4S/c1-13-10-16(14(2)20(13)11-15-6-5-9-26-15)18(22)12-25-19(23)17-7-3-4-8-21(17)24/h3-10H,11-12H2,1-2H3. The Morgan fingerprint density at radius 1 is 1.23 bits per heavy atom. The summed E-state index contributed by atoms with van der Waals surface area (Å²) < 4.78 is 7.49. The zero-order valence-corrected chi connectivity index (χ0v) is 15.3. The van der Waals surface area contributed by atoms with E-state index in [0.717, 1.165) is 11.4 Å². The van der Waals surface area contributed by atoms with E-state index in [1.165, 1.54) is 23.2 Å². The van der Waals surface area contributed by atoms with Gasteiger partial charge in [0.2, 0.25) is 5.78 Å². The van der Waals surface area contributed by atoms with Crippen molar-refractivity contribution in [1.29, 1.82) is 0 Å². The van der Waals surface area contributed by atoms with Gasteiger partial charge in [-0.15, -0.1) is 11.3 Å². The van der Waals surface area contributed by atoms with Gasteiger partial charge in [-0.05, 0) is 37.4 Å². The smallest absolute Gasteiger partial charge is 0.405 e. The average Bonchev–Trinajstić information content (AvgIpc) is 3.23. The maximum absolute atomic E-state index is 12.5. The third kappa shape index (κ3) is 3.67. The molecule has 0 atom stereocenters. The molecule has 0 N–H and O–H groups in total. The minimum atomic E-state index is -0.818. The Labute approximate surface area is 154 Å². The van der Waals surface area contributed by atoms with Gasteiger partial charge in [0.05, 0.1) is 6.54 Å². The van der Waals surface area contributed by atoms with Crippen molar-refractivity contribution in [1.82, 2.24) is 4.57 Å². The summed E-state index contributed by atoms with van der Waals surface area (Å²) in [6.07, 6.45) is 1.20. The van der Waals surface area contributed by atoms with E-state index >= 15 is 0 Å². The molecule has 0 radical (unpaired) electrons. The van der Waals surface area contributed by atoms with E-state index in [9.17, 15) is 14.8 Å². The lowest BCUT2D eigenvalue weighted by Gasteiger charge is -2.08. The Morgan fingerprint density at radius 3 is 2.73 bits per heavy atom. The predicted octanol–water partition coefficient (Wildman–Crippen LogP) is 2.89. The number of rotatable bonds is 6. The number of esters is 1. The number of aromatic nitrogens is 2. The lowest BCUT2D eigenvalue weighted by Crippen LogP contribution is -2.35. The summed E-state index contributed by atoms with van der Waals surface area (Å²) in [5.41, 5.74) is 2.17. The molecule has 0 aliphatic rings. The van der Waals surface area contributed by atoms with Crippen LogP contribution in [0.5, 0.6) is 0 Å². The SMILES string of the molecule is Cc1cc(C(=O)COC(=O)c2cccc[n+]2[O-])c(C)n1Cc1cccs1. The van der Waals surface area contributed by atoms with Gasteiger partial charge in [0.1, 0.15) is 0 Å². The third-order valence-electron chi connectivity index (χ3n) is 4.14. The Bertz CT molecular complexity index is 945. The number of aryl methyl sites for hydroxylation is 1. The number of carbonyl (C=O) groups is 2. The molecule has 6 nitrogen and oxygen atoms in total. The molecule has 0 aliphatic heterocycles. The van der Waals surface area contributed by atoms with Crippen LogP contribution in [0.4, 0.5) is 0 Å². The fraction of sp³-hybridized carbons (Fsp3) is 0.211. The molecule has 0 saturated carbocycles. The lowest BCUT2D eigenvalue weighted by molar-refractivity contribution is -0.608. The molecule has 0 unspecified atom stereocenters. The number of ketones is 1. The fourth-order valence-corrected chi connectivity index (χ4v) is 3.45. The number of thiophene rings is 1. The van der Waals surface area contributed by atoms with Gasteiger partial charge in [0.25, 0.3) is 0 Å². The van der Waals surface area contributed by atoms with E-state index in [0.29, 0.717) is 16.8 Å². The second-order valence-corrected chi connectivity index (χ2v) is 6.89. The van der Waals surface area contributed by atoms with Crippen LogP contribution in [0.15, 0.2) is 48.0 Å². The molecule has 3 rings (SSSR count). The van der Waals surface area contributed by atoms with E-state index in [1.807, 2.05) is 31.4 Å². The molecule has 26 heavy (non-hydrogen) atoms. The highest BCUT2D eigenvalue weighted by Crippen LogP contribution is 2.20. The van der Waals surface area contributed by atoms with Crippen molar-refractivity contribution in [2.75, 3.05) is 6.61 Å². The molecule has 0 fully saturated rings. The maximum Gasteiger partial charge on any atom is 0.405 e. The highest BCUT2D eigenvalue weighted by Gasteiger charge is 2.21. The topological polar surface area (TPSA) is 75.2 Å². The van der Waals surface area contributed by atoms with Crippen LogP contribution in [0.1, 0.15) is 37.1 Å². The van der Waals surface area contributed by atoms with E-state index < -0.39 is 12.6 Å². The largest absolute Gasteiger partial charge is 0.618 e. The second-order valence-electron chi connectivity index (χ2n) is 5.86. The first-order chi connectivity index (χ1) is 12.5. The van der Waals surface area contributed by atoms with E-state index in [-0.39, 0.29) is 11.5 Å². The number of carbonyl (C=O) groups excluding carboxylic acids is 2. The van der Waals surface area contributed by atoms with E-state index in [2.05, 4.69) is 4.57 Å². The number of pyridine rings is 1. The number of ether oxygens (including phenoxy) is 1. The second kappa shape index (κ2) is 7.53. The van der Waals surface area contributed by atoms with Crippen molar-refractivity contribution in [2.45, 2.75) is 20.4 Å². The Kier molecular flexibility index (Phi) is 5.18. The fourth-order valence-electron chi connectivity index (χ4n) is 2.75. The van der Waals surface area contributed by atoms with Crippen LogP contribution >= 0.6 is 11.3 Å². The van der Waals surface area contributed by atoms with Crippen molar-refractivity contribution < 1.29 is 19.1 Å². The zero-order chi connectivity index (χ0) is 18.7. The van der Waals surface area contributed by atoms with Gasteiger partial charge < -0.3 is 14.5 Å². The zero-order valence-electron chi connectivity index (χ0n) is 14.5. The van der Waals surface area contributed by atoms with Gasteiger partial charge >= 0.3 is 11.7 Å². The number of hydrogen-bond acceptors (Lipinski definition) is 5. The summed E-state index contributed by atoms with van der Waals surface area (Å²) in [6.45, 7) is 4.10. The highest BCUT2D eigenvalue weighted by molar-refractivity contribution is 7.09. The molecule has 0 saturated heterocycles. The molecule has 0 aliphatic carbocycles. The number of Topliss-reactive ketones (excluding diaryl/α,β-unsaturated/α-hetero) is 1. The number of nitrogens with zero attached hydrogens (tertiary/aromatic N) is 2. The van der Waals surface area contributed by atoms with Crippen LogP contribution in [0.3, 0.4) is 0 Å². The molecule has 3 aromatic heterocycles. The van der Waals surface area contributed by atoms with Crippen LogP contribution < -0.4 is 4.73 Å². The monoisotopic (exact) mass is 370 g/mol. The van der Waals surface area contributed by atoms with Gasteiger partial charge in [0, 0.05) is 34.0 Å². The molecule has 3 heterocycles. The molecule has 7 heteroatoms. The van der Waals surface area contributed by atoms with Gasteiger partial charge in [-0.2, -0.15) is 4.73 Å². The van der Waals surface area contributed by atoms with Crippen molar-refractivity contribution >= 4 is 23.1 Å². The first-order valence-electron chi connectivity index (χ1n) is 8.05. The third-order valence-corrected chi connectivity index (χ3v) is 5.00. The molecular weight excluding hydrogens is 352 g/mol. The van der Waals surface area contributed by atoms with E-state index in [4.69, 9.17) is 4.74 Å². The maximum atomic E-state index is 12.5. The highest BCUT2D eigenvalue weighted by atomic mass is 32.1. The summed E-state index contributed by atoms with van der Waals surface area (Å²) in [7, 11) is 0. The van der Waals surface area contributed by atoms with Crippen LogP contribution in [-0.2, 0) is 11.3 Å². The summed E-state index contributed by atoms with van der Waals surface area (Å²) in [4.78, 5) is 25.6. The summed E-state index contributed by atoms with van der Waals surface area (Å²) in [5, 5.41) is 13.6. The molecule has 0 spiro atoms. The quantitative estimate of drug-likeness (QED) is 0.289. The molecule has 134 valence electrons. The van der Waals surface area contributed by atoms with Gasteiger partial charge in [0.15, 0.2) is 12.8 Å². The Morgan fingerprint density at radius 2 is 2.04 bits per heavy atom. The lowest BCUT2D eigenvalue weighted by atomic mass is 10.1. The minimum Gasteiger partial charge on any atom is -0.618 e. The van der Waals surface area contributed by atoms with Crippen LogP contribution in [0, 0.1) is 19.1 Å². The Balaban J connectivity index is 1.70. The normalized spacial score (nSPS) is 10.7. The minimum absolute atomic E-state index is 0.150. The first kappa shape index (κ1) is 17.9. The van der Waals surface area contributed by atoms with Gasteiger partial charge in [-0.1, -0.05) is 6.07 Å². The molecule has 3 aromatic rings. The summed E-state index contributed by atoms with van der Waals surface area (Å²) in [6, 6.07) is 10.3. The predicted molar refractivity (Wildman–Crippen MR) is 97.3 cm³/mol. The van der Waals surface area contributed by atoms with Crippen molar-refractivity contribution in [2.24, 2.45) is 0 Å². The summed E-state index contributed by atoms with van der Waals surface area (Å²) in [5.74, 6) is -1.11. The van der Waals surface area contributed by atoms with Crippen LogP contribution in [0.25, 0.3) is 0 Å². The van der Waals surface area contributed by atoms with Gasteiger partial charge in [-0.25, -0.2) is 4.79 Å². The average molecular weight is 370 g/mol. The molecular formula is C19H18N2O4S. The molecule has 0 amide bonds. The van der Waals surface area contributed by atoms with Crippen molar-refractivity contribution in [3.63, 3.8) is 0 Å². The van der Waals surface area contributed by atoms with Gasteiger partial charge in [-0.3, -0.25) is 4.79 Å². The van der Waals surface area contributed by atoms with E-state index in [1.54, 1.807) is 23.5 Å². The van der Waals surface area contributed by atoms with Crippen LogP contribution in [-0.4, -0.2) is 22.9 Å². The van der Waals surface area contributed by atoms with Crippen LogP contribution in [0.2, 0.25) is 0 Å². The number of hydrogen-bond donors (Lipinski definition) is 0. The van der Waals surface area contributed by atoms with Crippen molar-refractivity contribution in [3.05, 3.63) is 80.7 Å².